The van der Waals surface area contributed by atoms with Crippen LogP contribution in [0.2, 0.25) is 0 Å². The average molecular weight is 226 g/mol. The second-order valence-corrected chi connectivity index (χ2v) is 3.21. The molecule has 0 spiro atoms. The van der Waals surface area contributed by atoms with Gasteiger partial charge in [0.05, 0.1) is 6.61 Å². The largest absolute Gasteiger partial charge is 0.475 e. The molecule has 0 radical (unpaired) electrons. The summed E-state index contributed by atoms with van der Waals surface area (Å²) in [5.74, 6) is 0.0892. The molecule has 0 bridgehead atoms. The van der Waals surface area contributed by atoms with E-state index in [0.717, 1.165) is 0 Å². The fourth-order valence-electron chi connectivity index (χ4n) is 1.00. The number of carbonyl (C=O) groups excluding carboxylic acids is 1. The number of nitrogens with zero attached hydrogens (tertiary/aromatic N) is 1. The maximum atomic E-state index is 10.8. The molecule has 0 unspecified atom stereocenters. The van der Waals surface area contributed by atoms with E-state index in [1.165, 1.54) is 19.2 Å². The first-order chi connectivity index (χ1) is 7.61. The molecule has 0 saturated carbocycles. The number of aliphatic hydroxyl groups is 2. The van der Waals surface area contributed by atoms with Crippen LogP contribution >= 0.6 is 0 Å². The van der Waals surface area contributed by atoms with Gasteiger partial charge in [-0.15, -0.1) is 0 Å². The predicted molar refractivity (Wildman–Crippen MR) is 57.1 cm³/mol. The Labute approximate surface area is 92.9 Å². The fourth-order valence-corrected chi connectivity index (χ4v) is 1.00. The molecule has 1 amide bonds. The Bertz CT molecular complexity index is 356. The van der Waals surface area contributed by atoms with E-state index in [0.29, 0.717) is 5.69 Å². The van der Waals surface area contributed by atoms with E-state index < -0.39 is 6.10 Å². The monoisotopic (exact) mass is 226 g/mol. The van der Waals surface area contributed by atoms with Crippen LogP contribution < -0.4 is 10.1 Å². The highest BCUT2D eigenvalue weighted by Crippen LogP contribution is 2.13. The smallest absolute Gasteiger partial charge is 0.221 e. The lowest BCUT2D eigenvalue weighted by Crippen LogP contribution is -2.21. The standard InChI is InChI=1S/C10H14N2O4/c1-7(14)12-8-2-3-11-10(4-8)16-6-9(15)5-13/h2-4,9,13,15H,5-6H2,1H3,(H,11,12,14)/t9-/m1/s1. The molecule has 0 aromatic carbocycles. The molecular formula is C10H14N2O4. The van der Waals surface area contributed by atoms with Gasteiger partial charge in [-0.3, -0.25) is 4.79 Å². The maximum absolute atomic E-state index is 10.8. The Morgan fingerprint density at radius 1 is 1.69 bits per heavy atom. The number of aliphatic hydroxyl groups excluding tert-OH is 2. The van der Waals surface area contributed by atoms with Crippen LogP contribution in [0.25, 0.3) is 0 Å². The van der Waals surface area contributed by atoms with Crippen LogP contribution in [0.1, 0.15) is 6.92 Å². The van der Waals surface area contributed by atoms with Crippen LogP contribution in [0.3, 0.4) is 0 Å². The Balaban J connectivity index is 2.56. The van der Waals surface area contributed by atoms with Crippen molar-refractivity contribution in [2.75, 3.05) is 18.5 Å². The summed E-state index contributed by atoms with van der Waals surface area (Å²) in [5.41, 5.74) is 0.566. The summed E-state index contributed by atoms with van der Waals surface area (Å²) in [7, 11) is 0. The molecule has 3 N–H and O–H groups in total. The van der Waals surface area contributed by atoms with Crippen molar-refractivity contribution in [2.45, 2.75) is 13.0 Å². The van der Waals surface area contributed by atoms with Crippen molar-refractivity contribution in [3.8, 4) is 5.88 Å². The Hall–Kier alpha value is -1.66. The zero-order valence-electron chi connectivity index (χ0n) is 8.88. The van der Waals surface area contributed by atoms with Crippen molar-refractivity contribution in [3.63, 3.8) is 0 Å². The van der Waals surface area contributed by atoms with Crippen LogP contribution in [-0.4, -0.2) is 40.4 Å². The van der Waals surface area contributed by atoms with E-state index in [9.17, 15) is 4.79 Å². The van der Waals surface area contributed by atoms with E-state index in [1.807, 2.05) is 0 Å². The third-order valence-corrected chi connectivity index (χ3v) is 1.69. The summed E-state index contributed by atoms with van der Waals surface area (Å²) in [6, 6.07) is 3.15. The minimum absolute atomic E-state index is 0.0486. The van der Waals surface area contributed by atoms with Crippen molar-refractivity contribution in [3.05, 3.63) is 18.3 Å². The molecule has 1 heterocycles. The van der Waals surface area contributed by atoms with Gasteiger partial charge in [0.25, 0.3) is 0 Å². The van der Waals surface area contributed by atoms with Gasteiger partial charge in [0, 0.05) is 24.9 Å². The quantitative estimate of drug-likeness (QED) is 0.645. The molecule has 16 heavy (non-hydrogen) atoms. The van der Waals surface area contributed by atoms with Gasteiger partial charge >= 0.3 is 0 Å². The number of ether oxygens (including phenoxy) is 1. The van der Waals surface area contributed by atoms with Gasteiger partial charge < -0.3 is 20.3 Å². The van der Waals surface area contributed by atoms with Crippen LogP contribution in [0.15, 0.2) is 18.3 Å². The van der Waals surface area contributed by atoms with E-state index in [2.05, 4.69) is 10.3 Å². The summed E-state index contributed by atoms with van der Waals surface area (Å²) in [6.45, 7) is 0.981. The molecule has 1 aromatic heterocycles. The van der Waals surface area contributed by atoms with Gasteiger partial charge in [0.2, 0.25) is 11.8 Å². The minimum atomic E-state index is -0.939. The second kappa shape index (κ2) is 6.04. The number of hydrogen-bond donors (Lipinski definition) is 3. The van der Waals surface area contributed by atoms with Crippen molar-refractivity contribution in [1.29, 1.82) is 0 Å². The molecule has 0 aliphatic heterocycles. The van der Waals surface area contributed by atoms with Gasteiger partial charge in [-0.05, 0) is 6.07 Å². The first-order valence-electron chi connectivity index (χ1n) is 4.77. The van der Waals surface area contributed by atoms with E-state index in [4.69, 9.17) is 14.9 Å². The number of amides is 1. The number of anilines is 1. The van der Waals surface area contributed by atoms with Gasteiger partial charge in [-0.1, -0.05) is 0 Å². The molecule has 1 atom stereocenters. The highest BCUT2D eigenvalue weighted by atomic mass is 16.5. The molecule has 0 aliphatic carbocycles. The van der Waals surface area contributed by atoms with Crippen LogP contribution in [-0.2, 0) is 4.79 Å². The maximum Gasteiger partial charge on any atom is 0.221 e. The minimum Gasteiger partial charge on any atom is -0.475 e. The van der Waals surface area contributed by atoms with Crippen LogP contribution in [0, 0.1) is 0 Å². The van der Waals surface area contributed by atoms with Crippen LogP contribution in [0.5, 0.6) is 5.88 Å². The first kappa shape index (κ1) is 12.4. The van der Waals surface area contributed by atoms with E-state index >= 15 is 0 Å². The molecule has 0 fully saturated rings. The van der Waals surface area contributed by atoms with Crippen molar-refractivity contribution in [2.24, 2.45) is 0 Å². The molecule has 0 saturated heterocycles. The number of aromatic nitrogens is 1. The van der Waals surface area contributed by atoms with Crippen LogP contribution in [0.4, 0.5) is 5.69 Å². The molecule has 88 valence electrons. The molecule has 6 heteroatoms. The summed E-state index contributed by atoms with van der Waals surface area (Å²) in [4.78, 5) is 14.7. The Morgan fingerprint density at radius 2 is 2.44 bits per heavy atom. The summed E-state index contributed by atoms with van der Waals surface area (Å²) >= 11 is 0. The predicted octanol–water partition coefficient (Wildman–Crippen LogP) is -0.228. The number of carbonyl (C=O) groups is 1. The van der Waals surface area contributed by atoms with E-state index in [-0.39, 0.29) is 25.0 Å². The number of nitrogens with one attached hydrogen (secondary N) is 1. The zero-order chi connectivity index (χ0) is 12.0. The first-order valence-corrected chi connectivity index (χ1v) is 4.77. The molecule has 6 nitrogen and oxygen atoms in total. The third-order valence-electron chi connectivity index (χ3n) is 1.69. The van der Waals surface area contributed by atoms with Gasteiger partial charge in [0.15, 0.2) is 0 Å². The number of pyridine rings is 1. The van der Waals surface area contributed by atoms with Gasteiger partial charge in [-0.25, -0.2) is 4.98 Å². The van der Waals surface area contributed by atoms with Crippen molar-refractivity contribution >= 4 is 11.6 Å². The summed E-state index contributed by atoms with van der Waals surface area (Å²) < 4.78 is 5.11. The molecule has 0 aliphatic rings. The lowest BCUT2D eigenvalue weighted by molar-refractivity contribution is -0.114. The zero-order valence-corrected chi connectivity index (χ0v) is 8.88. The topological polar surface area (TPSA) is 91.7 Å². The summed E-state index contributed by atoms with van der Waals surface area (Å²) in [5, 5.41) is 20.2. The van der Waals surface area contributed by atoms with Crippen molar-refractivity contribution in [1.82, 2.24) is 4.98 Å². The number of rotatable bonds is 5. The third kappa shape index (κ3) is 4.24. The lowest BCUT2D eigenvalue weighted by Gasteiger charge is -2.09. The van der Waals surface area contributed by atoms with Gasteiger partial charge in [0.1, 0.15) is 12.7 Å². The Morgan fingerprint density at radius 3 is 3.06 bits per heavy atom. The molecule has 1 rings (SSSR count). The lowest BCUT2D eigenvalue weighted by atomic mass is 10.4. The second-order valence-electron chi connectivity index (χ2n) is 3.21. The highest BCUT2D eigenvalue weighted by molar-refractivity contribution is 5.88. The molecule has 1 aromatic rings. The van der Waals surface area contributed by atoms with E-state index in [1.54, 1.807) is 6.07 Å². The normalized spacial score (nSPS) is 11.9. The average Bonchev–Trinajstić information content (AvgIpc) is 2.25. The van der Waals surface area contributed by atoms with Crippen molar-refractivity contribution < 1.29 is 19.7 Å². The summed E-state index contributed by atoms with van der Waals surface area (Å²) in [6.07, 6.45) is 0.539. The van der Waals surface area contributed by atoms with Gasteiger partial charge in [-0.2, -0.15) is 0 Å². The SMILES string of the molecule is CC(=O)Nc1ccnc(OC[C@H](O)CO)c1. The number of hydrogen-bond acceptors (Lipinski definition) is 5. The fraction of sp³-hybridized carbons (Fsp3) is 0.400. The Kier molecular flexibility index (Phi) is 4.68. The molecular weight excluding hydrogens is 212 g/mol. The highest BCUT2D eigenvalue weighted by Gasteiger charge is 2.04.